The van der Waals surface area contributed by atoms with Crippen LogP contribution in [0.15, 0.2) is 48.5 Å². The fourth-order valence-electron chi connectivity index (χ4n) is 2.43. The Hall–Kier alpha value is -1.94. The predicted molar refractivity (Wildman–Crippen MR) is 84.7 cm³/mol. The number of carbonyl (C=O) groups excluding carboxylic acids is 1. The summed E-state index contributed by atoms with van der Waals surface area (Å²) in [6.45, 7) is 2.03. The molecule has 102 valence electrons. The lowest BCUT2D eigenvalue weighted by Crippen LogP contribution is -2.28. The number of nitrogen functional groups attached to an aromatic ring is 1. The molecule has 3 rings (SSSR count). The summed E-state index contributed by atoms with van der Waals surface area (Å²) in [4.78, 5) is 14.2. The lowest BCUT2D eigenvalue weighted by Gasteiger charge is -2.25. The maximum atomic E-state index is 12.3. The van der Waals surface area contributed by atoms with Crippen LogP contribution < -0.4 is 10.6 Å². The fourth-order valence-corrected chi connectivity index (χ4v) is 3.59. The lowest BCUT2D eigenvalue weighted by molar-refractivity contribution is -0.115. The number of para-hydroxylation sites is 1. The van der Waals surface area contributed by atoms with Crippen LogP contribution in [0, 0.1) is 6.92 Å². The number of hydrogen-bond donors (Lipinski definition) is 1. The van der Waals surface area contributed by atoms with Crippen LogP contribution in [-0.2, 0) is 4.79 Å². The monoisotopic (exact) mass is 284 g/mol. The number of anilines is 2. The number of benzene rings is 2. The zero-order valence-electron chi connectivity index (χ0n) is 11.2. The molecule has 2 N–H and O–H groups in total. The smallest absolute Gasteiger partial charge is 0.238 e. The number of hydrogen-bond acceptors (Lipinski definition) is 3. The molecule has 0 unspecified atom stereocenters. The molecule has 2 aromatic rings. The van der Waals surface area contributed by atoms with Crippen LogP contribution in [0.3, 0.4) is 0 Å². The second-order valence-corrected chi connectivity index (χ2v) is 5.95. The highest BCUT2D eigenvalue weighted by Crippen LogP contribution is 2.42. The topological polar surface area (TPSA) is 46.3 Å². The van der Waals surface area contributed by atoms with Crippen molar-refractivity contribution in [2.45, 2.75) is 12.3 Å². The third kappa shape index (κ3) is 2.27. The Morgan fingerprint density at radius 2 is 1.85 bits per heavy atom. The minimum Gasteiger partial charge on any atom is -0.399 e. The van der Waals surface area contributed by atoms with Gasteiger partial charge in [-0.25, -0.2) is 0 Å². The minimum atomic E-state index is 0.0317. The molecular weight excluding hydrogens is 268 g/mol. The number of aryl methyl sites for hydroxylation is 1. The minimum absolute atomic E-state index is 0.0317. The largest absolute Gasteiger partial charge is 0.399 e. The molecule has 1 aliphatic heterocycles. The van der Waals surface area contributed by atoms with Crippen LogP contribution in [0.25, 0.3) is 0 Å². The van der Waals surface area contributed by atoms with Crippen LogP contribution >= 0.6 is 11.8 Å². The van der Waals surface area contributed by atoms with Gasteiger partial charge >= 0.3 is 0 Å². The molecule has 1 saturated heterocycles. The highest BCUT2D eigenvalue weighted by molar-refractivity contribution is 8.00. The maximum Gasteiger partial charge on any atom is 0.238 e. The van der Waals surface area contributed by atoms with Gasteiger partial charge in [0.25, 0.3) is 0 Å². The van der Waals surface area contributed by atoms with Crippen molar-refractivity contribution in [2.24, 2.45) is 0 Å². The molecule has 3 nitrogen and oxygen atoms in total. The summed E-state index contributed by atoms with van der Waals surface area (Å²) in [6, 6.07) is 15.8. The Bertz CT molecular complexity index is 639. The second kappa shape index (κ2) is 5.21. The van der Waals surface area contributed by atoms with Crippen LogP contribution in [0.1, 0.15) is 16.5 Å². The number of nitrogens with two attached hydrogens (primary N) is 1. The number of amides is 1. The summed E-state index contributed by atoms with van der Waals surface area (Å²) in [5, 5.41) is 0.0317. The molecule has 0 spiro atoms. The van der Waals surface area contributed by atoms with E-state index in [1.165, 1.54) is 0 Å². The molecule has 2 aromatic carbocycles. The molecule has 1 fully saturated rings. The van der Waals surface area contributed by atoms with Crippen molar-refractivity contribution in [3.8, 4) is 0 Å². The van der Waals surface area contributed by atoms with Crippen molar-refractivity contribution in [1.82, 2.24) is 0 Å². The molecule has 0 radical (unpaired) electrons. The van der Waals surface area contributed by atoms with E-state index in [1.807, 2.05) is 60.4 Å². The van der Waals surface area contributed by atoms with Gasteiger partial charge in [0.1, 0.15) is 5.37 Å². The van der Waals surface area contributed by atoms with Crippen molar-refractivity contribution in [2.75, 3.05) is 16.4 Å². The van der Waals surface area contributed by atoms with Gasteiger partial charge in [0.15, 0.2) is 0 Å². The summed E-state index contributed by atoms with van der Waals surface area (Å²) in [6.07, 6.45) is 0. The quantitative estimate of drug-likeness (QED) is 0.860. The van der Waals surface area contributed by atoms with Gasteiger partial charge in [-0.15, -0.1) is 11.8 Å². The molecule has 0 bridgehead atoms. The Kier molecular flexibility index (Phi) is 3.40. The summed E-state index contributed by atoms with van der Waals surface area (Å²) in [5.41, 5.74) is 9.69. The molecule has 0 aromatic heterocycles. The highest BCUT2D eigenvalue weighted by Gasteiger charge is 2.34. The Morgan fingerprint density at radius 1 is 1.15 bits per heavy atom. The van der Waals surface area contributed by atoms with Gasteiger partial charge in [0, 0.05) is 11.4 Å². The number of rotatable bonds is 2. The Balaban J connectivity index is 2.01. The fraction of sp³-hybridized carbons (Fsp3) is 0.188. The number of thioether (sulfide) groups is 1. The third-order valence-corrected chi connectivity index (χ3v) is 4.68. The van der Waals surface area contributed by atoms with Crippen LogP contribution in [-0.4, -0.2) is 11.7 Å². The van der Waals surface area contributed by atoms with E-state index < -0.39 is 0 Å². The maximum absolute atomic E-state index is 12.3. The summed E-state index contributed by atoms with van der Waals surface area (Å²) in [5.74, 6) is 0.676. The first-order valence-corrected chi connectivity index (χ1v) is 7.56. The number of nitrogens with zero attached hydrogens (tertiary/aromatic N) is 1. The first kappa shape index (κ1) is 13.1. The molecule has 0 aliphatic carbocycles. The van der Waals surface area contributed by atoms with E-state index in [9.17, 15) is 4.79 Å². The van der Waals surface area contributed by atoms with Crippen molar-refractivity contribution >= 4 is 29.0 Å². The van der Waals surface area contributed by atoms with E-state index in [4.69, 9.17) is 5.73 Å². The van der Waals surface area contributed by atoms with Gasteiger partial charge in [0.05, 0.1) is 5.75 Å². The van der Waals surface area contributed by atoms with Gasteiger partial charge in [-0.1, -0.05) is 30.3 Å². The lowest BCUT2D eigenvalue weighted by atomic mass is 10.1. The van der Waals surface area contributed by atoms with Crippen LogP contribution in [0.5, 0.6) is 0 Å². The zero-order chi connectivity index (χ0) is 14.1. The van der Waals surface area contributed by atoms with Crippen LogP contribution in [0.2, 0.25) is 0 Å². The molecule has 1 heterocycles. The first-order valence-electron chi connectivity index (χ1n) is 6.51. The number of carbonyl (C=O) groups is 1. The average molecular weight is 284 g/mol. The normalized spacial score (nSPS) is 18.6. The molecular formula is C16H16N2OS. The van der Waals surface area contributed by atoms with Gasteiger partial charge in [-0.05, 0) is 36.2 Å². The second-order valence-electron chi connectivity index (χ2n) is 4.88. The van der Waals surface area contributed by atoms with E-state index in [0.29, 0.717) is 5.75 Å². The van der Waals surface area contributed by atoms with E-state index in [-0.39, 0.29) is 11.3 Å². The van der Waals surface area contributed by atoms with E-state index in [1.54, 1.807) is 11.8 Å². The molecule has 1 amide bonds. The zero-order valence-corrected chi connectivity index (χ0v) is 12.1. The van der Waals surface area contributed by atoms with Gasteiger partial charge < -0.3 is 5.73 Å². The van der Waals surface area contributed by atoms with Crippen molar-refractivity contribution in [1.29, 1.82) is 0 Å². The van der Waals surface area contributed by atoms with E-state index in [0.717, 1.165) is 22.5 Å². The first-order chi connectivity index (χ1) is 9.66. The molecule has 4 heteroatoms. The van der Waals surface area contributed by atoms with Gasteiger partial charge in [0.2, 0.25) is 5.91 Å². The van der Waals surface area contributed by atoms with Crippen LogP contribution in [0.4, 0.5) is 11.4 Å². The van der Waals surface area contributed by atoms with Crippen molar-refractivity contribution in [3.05, 3.63) is 59.7 Å². The SMILES string of the molecule is Cc1ccccc1N1C(=O)CS[C@H]1c1ccc(N)cc1. The Labute approximate surface area is 122 Å². The highest BCUT2D eigenvalue weighted by atomic mass is 32.2. The molecule has 1 atom stereocenters. The average Bonchev–Trinajstić information content (AvgIpc) is 2.82. The predicted octanol–water partition coefficient (Wildman–Crippen LogP) is 3.36. The summed E-state index contributed by atoms with van der Waals surface area (Å²) < 4.78 is 0. The van der Waals surface area contributed by atoms with E-state index in [2.05, 4.69) is 0 Å². The molecule has 20 heavy (non-hydrogen) atoms. The molecule has 1 aliphatic rings. The van der Waals surface area contributed by atoms with Gasteiger partial charge in [-0.3, -0.25) is 9.69 Å². The van der Waals surface area contributed by atoms with Crippen molar-refractivity contribution in [3.63, 3.8) is 0 Å². The standard InChI is InChI=1S/C16H16N2OS/c1-11-4-2-3-5-14(11)18-15(19)10-20-16(18)12-6-8-13(17)9-7-12/h2-9,16H,10,17H2,1H3/t16-/m0/s1. The van der Waals surface area contributed by atoms with Gasteiger partial charge in [-0.2, -0.15) is 0 Å². The summed E-state index contributed by atoms with van der Waals surface area (Å²) in [7, 11) is 0. The third-order valence-electron chi connectivity index (χ3n) is 3.46. The molecule has 0 saturated carbocycles. The van der Waals surface area contributed by atoms with Crippen molar-refractivity contribution < 1.29 is 4.79 Å². The summed E-state index contributed by atoms with van der Waals surface area (Å²) >= 11 is 1.66. The van der Waals surface area contributed by atoms with E-state index >= 15 is 0 Å². The Morgan fingerprint density at radius 3 is 2.55 bits per heavy atom.